The van der Waals surface area contributed by atoms with Gasteiger partial charge in [-0.3, -0.25) is 0 Å². The van der Waals surface area contributed by atoms with Crippen molar-refractivity contribution in [1.82, 2.24) is 4.98 Å². The van der Waals surface area contributed by atoms with Crippen LogP contribution in [0.25, 0.3) is 0 Å². The van der Waals surface area contributed by atoms with Gasteiger partial charge in [-0.1, -0.05) is 24.1 Å². The average Bonchev–Trinajstić information content (AvgIpc) is 1.90. The molecule has 0 aromatic carbocycles. The Morgan fingerprint density at radius 2 is 2.18 bits per heavy atom. The van der Waals surface area contributed by atoms with E-state index in [-0.39, 0.29) is 0 Å². The van der Waals surface area contributed by atoms with Gasteiger partial charge in [-0.15, -0.1) is 0 Å². The average molecular weight is 168 g/mol. The van der Waals surface area contributed by atoms with Crippen molar-refractivity contribution in [3.05, 3.63) is 29.0 Å². The van der Waals surface area contributed by atoms with Gasteiger partial charge in [0.25, 0.3) is 0 Å². The van der Waals surface area contributed by atoms with Crippen LogP contribution in [0.15, 0.2) is 18.3 Å². The van der Waals surface area contributed by atoms with Gasteiger partial charge in [-0.2, -0.15) is 0 Å². The molecular weight excluding hydrogens is 158 g/mol. The monoisotopic (exact) mass is 167 g/mol. The van der Waals surface area contributed by atoms with Gasteiger partial charge in [0.1, 0.15) is 5.15 Å². The number of rotatable bonds is 1. The van der Waals surface area contributed by atoms with Crippen molar-refractivity contribution in [3.8, 4) is 0 Å². The fourth-order valence-corrected chi connectivity index (χ4v) is 1.48. The Bertz CT molecular complexity index is 238. The minimum absolute atomic E-state index is 0.591. The summed E-state index contributed by atoms with van der Waals surface area (Å²) >= 11 is 5.67. The third kappa shape index (κ3) is 1.38. The summed E-state index contributed by atoms with van der Waals surface area (Å²) in [5.74, 6) is 0.764. The molecule has 0 unspecified atom stereocenters. The summed E-state index contributed by atoms with van der Waals surface area (Å²) < 4.78 is 0. The summed E-state index contributed by atoms with van der Waals surface area (Å²) in [5, 5.41) is 0.591. The van der Waals surface area contributed by atoms with E-state index in [1.54, 1.807) is 0 Å². The van der Waals surface area contributed by atoms with Crippen molar-refractivity contribution in [2.75, 3.05) is 0 Å². The fourth-order valence-electron chi connectivity index (χ4n) is 1.37. The first-order chi connectivity index (χ1) is 5.36. The number of pyridine rings is 1. The smallest absolute Gasteiger partial charge is 0.129 e. The van der Waals surface area contributed by atoms with Gasteiger partial charge in [-0.05, 0) is 30.4 Å². The van der Waals surface area contributed by atoms with E-state index in [0.717, 1.165) is 5.92 Å². The first kappa shape index (κ1) is 7.11. The van der Waals surface area contributed by atoms with Crippen molar-refractivity contribution in [1.29, 1.82) is 0 Å². The molecule has 1 aliphatic rings. The lowest BCUT2D eigenvalue weighted by molar-refractivity contribution is 0.419. The Morgan fingerprint density at radius 1 is 1.36 bits per heavy atom. The Labute approximate surface area is 71.4 Å². The molecule has 1 saturated carbocycles. The van der Waals surface area contributed by atoms with E-state index in [4.69, 9.17) is 11.6 Å². The second-order valence-electron chi connectivity index (χ2n) is 3.04. The molecule has 1 aliphatic carbocycles. The largest absolute Gasteiger partial charge is 0.244 e. The Balaban J connectivity index is 2.18. The predicted octanol–water partition coefficient (Wildman–Crippen LogP) is 3.00. The summed E-state index contributed by atoms with van der Waals surface area (Å²) in [4.78, 5) is 4.05. The van der Waals surface area contributed by atoms with Crippen LogP contribution in [-0.2, 0) is 0 Å². The standard InChI is InChI=1S/C9H10ClN/c10-9-5-4-8(6-11-9)7-2-1-3-7/h4-7H,1-3H2. The molecule has 0 atom stereocenters. The first-order valence-corrected chi connectivity index (χ1v) is 4.35. The lowest BCUT2D eigenvalue weighted by Crippen LogP contribution is -2.08. The zero-order chi connectivity index (χ0) is 7.68. The molecule has 2 rings (SSSR count). The molecule has 1 nitrogen and oxygen atoms in total. The molecule has 1 fully saturated rings. The molecule has 11 heavy (non-hydrogen) atoms. The number of aromatic nitrogens is 1. The van der Waals surface area contributed by atoms with Crippen LogP contribution >= 0.6 is 11.6 Å². The minimum atomic E-state index is 0.591. The van der Waals surface area contributed by atoms with Gasteiger partial charge in [0.15, 0.2) is 0 Å². The molecule has 0 N–H and O–H groups in total. The molecule has 58 valence electrons. The Hall–Kier alpha value is -0.560. The Morgan fingerprint density at radius 3 is 2.64 bits per heavy atom. The van der Waals surface area contributed by atoms with Crippen LogP contribution in [0.1, 0.15) is 30.7 Å². The maximum atomic E-state index is 5.67. The molecular formula is C9H10ClN. The quantitative estimate of drug-likeness (QED) is 0.586. The van der Waals surface area contributed by atoms with E-state index in [2.05, 4.69) is 11.1 Å². The van der Waals surface area contributed by atoms with E-state index in [1.165, 1.54) is 24.8 Å². The van der Waals surface area contributed by atoms with Crippen LogP contribution in [-0.4, -0.2) is 4.98 Å². The zero-order valence-electron chi connectivity index (χ0n) is 6.26. The fraction of sp³-hybridized carbons (Fsp3) is 0.444. The van der Waals surface area contributed by atoms with Crippen LogP contribution < -0.4 is 0 Å². The van der Waals surface area contributed by atoms with Crippen molar-refractivity contribution in [3.63, 3.8) is 0 Å². The van der Waals surface area contributed by atoms with Crippen LogP contribution in [0.3, 0.4) is 0 Å². The number of hydrogen-bond acceptors (Lipinski definition) is 1. The minimum Gasteiger partial charge on any atom is -0.244 e. The van der Waals surface area contributed by atoms with E-state index in [9.17, 15) is 0 Å². The molecule has 1 aromatic heterocycles. The van der Waals surface area contributed by atoms with Gasteiger partial charge in [0.05, 0.1) is 0 Å². The molecule has 0 aliphatic heterocycles. The number of hydrogen-bond donors (Lipinski definition) is 0. The molecule has 0 bridgehead atoms. The number of halogens is 1. The number of nitrogens with zero attached hydrogens (tertiary/aromatic N) is 1. The van der Waals surface area contributed by atoms with Crippen LogP contribution in [0, 0.1) is 0 Å². The van der Waals surface area contributed by atoms with E-state index >= 15 is 0 Å². The molecule has 1 aromatic rings. The van der Waals surface area contributed by atoms with Gasteiger partial charge in [0, 0.05) is 6.20 Å². The third-order valence-corrected chi connectivity index (χ3v) is 2.55. The van der Waals surface area contributed by atoms with Gasteiger partial charge in [0.2, 0.25) is 0 Å². The van der Waals surface area contributed by atoms with E-state index in [0.29, 0.717) is 5.15 Å². The highest BCUT2D eigenvalue weighted by molar-refractivity contribution is 6.29. The van der Waals surface area contributed by atoms with Gasteiger partial charge in [-0.25, -0.2) is 4.98 Å². The first-order valence-electron chi connectivity index (χ1n) is 3.98. The molecule has 0 amide bonds. The molecule has 0 radical (unpaired) electrons. The van der Waals surface area contributed by atoms with Crippen LogP contribution in [0.4, 0.5) is 0 Å². The molecule has 0 saturated heterocycles. The molecule has 2 heteroatoms. The van der Waals surface area contributed by atoms with E-state index < -0.39 is 0 Å². The zero-order valence-corrected chi connectivity index (χ0v) is 7.01. The van der Waals surface area contributed by atoms with Crippen LogP contribution in [0.2, 0.25) is 5.15 Å². The molecule has 1 heterocycles. The Kier molecular flexibility index (Phi) is 1.82. The predicted molar refractivity (Wildman–Crippen MR) is 45.8 cm³/mol. The van der Waals surface area contributed by atoms with Crippen molar-refractivity contribution in [2.24, 2.45) is 0 Å². The highest BCUT2D eigenvalue weighted by Crippen LogP contribution is 2.35. The summed E-state index contributed by atoms with van der Waals surface area (Å²) in [7, 11) is 0. The third-order valence-electron chi connectivity index (χ3n) is 2.33. The molecule has 0 spiro atoms. The maximum absolute atomic E-state index is 5.67. The topological polar surface area (TPSA) is 12.9 Å². The summed E-state index contributed by atoms with van der Waals surface area (Å²) in [6.07, 6.45) is 5.91. The second-order valence-corrected chi connectivity index (χ2v) is 3.43. The SMILES string of the molecule is Clc1ccc(C2CCC2)cn1. The van der Waals surface area contributed by atoms with Crippen molar-refractivity contribution >= 4 is 11.6 Å². The maximum Gasteiger partial charge on any atom is 0.129 e. The normalized spacial score (nSPS) is 17.9. The highest BCUT2D eigenvalue weighted by Gasteiger charge is 2.19. The van der Waals surface area contributed by atoms with Gasteiger partial charge < -0.3 is 0 Å². The van der Waals surface area contributed by atoms with Crippen molar-refractivity contribution < 1.29 is 0 Å². The summed E-state index contributed by atoms with van der Waals surface area (Å²) in [5.41, 5.74) is 1.35. The highest BCUT2D eigenvalue weighted by atomic mass is 35.5. The second kappa shape index (κ2) is 2.82. The van der Waals surface area contributed by atoms with Crippen LogP contribution in [0.5, 0.6) is 0 Å². The van der Waals surface area contributed by atoms with Crippen molar-refractivity contribution in [2.45, 2.75) is 25.2 Å². The van der Waals surface area contributed by atoms with Gasteiger partial charge >= 0.3 is 0 Å². The van der Waals surface area contributed by atoms with E-state index in [1.807, 2.05) is 12.3 Å². The summed E-state index contributed by atoms with van der Waals surface area (Å²) in [6, 6.07) is 3.95. The summed E-state index contributed by atoms with van der Waals surface area (Å²) in [6.45, 7) is 0. The lowest BCUT2D eigenvalue weighted by atomic mass is 9.81. The lowest BCUT2D eigenvalue weighted by Gasteiger charge is -2.25.